The van der Waals surface area contributed by atoms with Crippen molar-refractivity contribution in [2.75, 3.05) is 0 Å². The fourth-order valence-corrected chi connectivity index (χ4v) is 4.64. The van der Waals surface area contributed by atoms with E-state index < -0.39 is 16.1 Å². The van der Waals surface area contributed by atoms with Gasteiger partial charge in [0, 0.05) is 11.6 Å². The number of carbonyl (C=O) groups excluding carboxylic acids is 1. The van der Waals surface area contributed by atoms with Gasteiger partial charge in [0.1, 0.15) is 11.9 Å². The minimum Gasteiger partial charge on any atom is -0.352 e. The number of unbranched alkanes of at least 4 members (excludes halogenated alkanes) is 1. The Morgan fingerprint density at radius 2 is 2.04 bits per heavy atom. The average Bonchev–Trinajstić information content (AvgIpc) is 3.18. The lowest BCUT2D eigenvalue weighted by Crippen LogP contribution is -2.40. The van der Waals surface area contributed by atoms with E-state index in [1.807, 2.05) is 0 Å². The minimum atomic E-state index is -3.58. The molecule has 0 bridgehead atoms. The van der Waals surface area contributed by atoms with Crippen molar-refractivity contribution in [1.29, 1.82) is 0 Å². The van der Waals surface area contributed by atoms with E-state index in [0.29, 0.717) is 12.0 Å². The van der Waals surface area contributed by atoms with Crippen LogP contribution < -0.4 is 10.0 Å². The average molecular weight is 363 g/mol. The van der Waals surface area contributed by atoms with E-state index >= 15 is 0 Å². The van der Waals surface area contributed by atoms with Gasteiger partial charge in [0.05, 0.1) is 4.90 Å². The van der Waals surface area contributed by atoms with E-state index in [1.54, 1.807) is 24.3 Å². The summed E-state index contributed by atoms with van der Waals surface area (Å²) in [4.78, 5) is 17.4. The van der Waals surface area contributed by atoms with E-state index in [4.69, 9.17) is 0 Å². The number of amides is 1. The van der Waals surface area contributed by atoms with Gasteiger partial charge in [0.15, 0.2) is 0 Å². The Bertz CT molecular complexity index is 768. The van der Waals surface area contributed by atoms with Crippen molar-refractivity contribution in [2.45, 2.75) is 68.8 Å². The van der Waals surface area contributed by atoms with Gasteiger partial charge in [0.25, 0.3) is 10.0 Å². The molecule has 6 nitrogen and oxygen atoms in total. The van der Waals surface area contributed by atoms with Crippen molar-refractivity contribution in [3.05, 3.63) is 29.8 Å². The number of carbonyl (C=O) groups is 1. The van der Waals surface area contributed by atoms with Gasteiger partial charge >= 0.3 is 0 Å². The predicted octanol–water partition coefficient (Wildman–Crippen LogP) is 2.34. The molecule has 136 valence electrons. The first-order valence-electron chi connectivity index (χ1n) is 9.01. The van der Waals surface area contributed by atoms with E-state index in [2.05, 4.69) is 22.0 Å². The van der Waals surface area contributed by atoms with Crippen LogP contribution in [0.4, 0.5) is 0 Å². The third kappa shape index (κ3) is 4.03. The number of benzene rings is 1. The van der Waals surface area contributed by atoms with Gasteiger partial charge < -0.3 is 5.32 Å². The maximum absolute atomic E-state index is 12.7. The summed E-state index contributed by atoms with van der Waals surface area (Å²) in [6.07, 6.45) is 6.76. The molecule has 1 fully saturated rings. The van der Waals surface area contributed by atoms with Crippen LogP contribution in [-0.4, -0.2) is 32.2 Å². The summed E-state index contributed by atoms with van der Waals surface area (Å²) in [5, 5.41) is 3.08. The zero-order valence-electron chi connectivity index (χ0n) is 14.5. The number of aliphatic imine (C=N–C) groups is 1. The molecule has 1 saturated carbocycles. The van der Waals surface area contributed by atoms with Gasteiger partial charge in [-0.25, -0.2) is 8.42 Å². The molecule has 0 saturated heterocycles. The second kappa shape index (κ2) is 7.56. The minimum absolute atomic E-state index is 0.101. The van der Waals surface area contributed by atoms with Crippen LogP contribution in [0.2, 0.25) is 0 Å². The number of sulfonamides is 1. The van der Waals surface area contributed by atoms with Gasteiger partial charge in [0.2, 0.25) is 5.91 Å². The summed E-state index contributed by atoms with van der Waals surface area (Å²) in [7, 11) is -3.58. The summed E-state index contributed by atoms with van der Waals surface area (Å²) >= 11 is 0. The number of rotatable bonds is 6. The van der Waals surface area contributed by atoms with Crippen LogP contribution in [0.15, 0.2) is 34.2 Å². The van der Waals surface area contributed by atoms with E-state index in [1.165, 1.54) is 0 Å². The first kappa shape index (κ1) is 17.9. The Labute approximate surface area is 149 Å². The SMILES string of the molecule is CCCC[C@@H](N=C1NS(=O)(=O)c2ccccc21)C(=O)NC1CCCC1. The highest BCUT2D eigenvalue weighted by Gasteiger charge is 2.32. The fraction of sp³-hybridized carbons (Fsp3) is 0.556. The van der Waals surface area contributed by atoms with Gasteiger partial charge in [-0.15, -0.1) is 0 Å². The van der Waals surface area contributed by atoms with Crippen LogP contribution in [0, 0.1) is 0 Å². The Kier molecular flexibility index (Phi) is 5.42. The molecule has 3 rings (SSSR count). The highest BCUT2D eigenvalue weighted by molar-refractivity contribution is 7.90. The molecular weight excluding hydrogens is 338 g/mol. The summed E-state index contributed by atoms with van der Waals surface area (Å²) in [6.45, 7) is 2.06. The molecule has 0 aromatic heterocycles. The first-order valence-corrected chi connectivity index (χ1v) is 10.5. The van der Waals surface area contributed by atoms with Crippen molar-refractivity contribution in [2.24, 2.45) is 4.99 Å². The normalized spacial score (nSPS) is 21.7. The maximum Gasteiger partial charge on any atom is 0.263 e. The fourth-order valence-electron chi connectivity index (χ4n) is 3.40. The Morgan fingerprint density at radius 1 is 1.32 bits per heavy atom. The second-order valence-corrected chi connectivity index (χ2v) is 8.38. The van der Waals surface area contributed by atoms with E-state index in [-0.39, 0.29) is 22.7 Å². The van der Waals surface area contributed by atoms with E-state index in [9.17, 15) is 13.2 Å². The van der Waals surface area contributed by atoms with Crippen LogP contribution in [0.3, 0.4) is 0 Å². The molecule has 0 unspecified atom stereocenters. The van der Waals surface area contributed by atoms with Crippen molar-refractivity contribution >= 4 is 21.8 Å². The largest absolute Gasteiger partial charge is 0.352 e. The number of hydrogen-bond donors (Lipinski definition) is 2. The number of amidine groups is 1. The third-order valence-electron chi connectivity index (χ3n) is 4.78. The molecule has 1 aromatic carbocycles. The van der Waals surface area contributed by atoms with Gasteiger partial charge in [-0.2, -0.15) is 0 Å². The number of fused-ring (bicyclic) bond motifs is 1. The maximum atomic E-state index is 12.7. The smallest absolute Gasteiger partial charge is 0.263 e. The summed E-state index contributed by atoms with van der Waals surface area (Å²) in [5.74, 6) is 0.176. The first-order chi connectivity index (χ1) is 12.0. The van der Waals surface area contributed by atoms with Crippen LogP contribution >= 0.6 is 0 Å². The Morgan fingerprint density at radius 3 is 2.76 bits per heavy atom. The van der Waals surface area contributed by atoms with E-state index in [0.717, 1.165) is 38.5 Å². The Balaban J connectivity index is 1.84. The molecule has 1 heterocycles. The molecule has 1 aliphatic carbocycles. The number of nitrogens with one attached hydrogen (secondary N) is 2. The third-order valence-corrected chi connectivity index (χ3v) is 6.18. The molecular formula is C18H25N3O3S. The number of nitrogens with zero attached hydrogens (tertiary/aromatic N) is 1. The molecule has 1 amide bonds. The molecule has 1 aliphatic heterocycles. The quantitative estimate of drug-likeness (QED) is 0.813. The molecule has 2 aliphatic rings. The van der Waals surface area contributed by atoms with Crippen molar-refractivity contribution in [3.63, 3.8) is 0 Å². The molecule has 25 heavy (non-hydrogen) atoms. The van der Waals surface area contributed by atoms with Crippen LogP contribution in [0.25, 0.3) is 0 Å². The topological polar surface area (TPSA) is 87.6 Å². The van der Waals surface area contributed by atoms with Crippen molar-refractivity contribution < 1.29 is 13.2 Å². The van der Waals surface area contributed by atoms with Crippen molar-refractivity contribution in [3.8, 4) is 0 Å². The zero-order chi connectivity index (χ0) is 17.9. The standard InChI is InChI=1S/C18H25N3O3S/c1-2-3-11-15(18(22)19-13-8-4-5-9-13)20-17-14-10-6-7-12-16(14)25(23,24)21-17/h6-7,10,12-13,15H,2-5,8-9,11H2,1H3,(H,19,22)(H,20,21)/t15-/m1/s1. The molecule has 2 N–H and O–H groups in total. The van der Waals surface area contributed by atoms with Crippen LogP contribution in [0.5, 0.6) is 0 Å². The van der Waals surface area contributed by atoms with Gasteiger partial charge in [-0.1, -0.05) is 44.7 Å². The second-order valence-electron chi connectivity index (χ2n) is 6.73. The van der Waals surface area contributed by atoms with Crippen LogP contribution in [0.1, 0.15) is 57.4 Å². The lowest BCUT2D eigenvalue weighted by molar-refractivity contribution is -0.123. The molecule has 0 spiro atoms. The summed E-state index contributed by atoms with van der Waals surface area (Å²) in [5.41, 5.74) is 0.540. The predicted molar refractivity (Wildman–Crippen MR) is 97.0 cm³/mol. The van der Waals surface area contributed by atoms with Crippen LogP contribution in [-0.2, 0) is 14.8 Å². The Hall–Kier alpha value is -1.89. The van der Waals surface area contributed by atoms with Crippen molar-refractivity contribution in [1.82, 2.24) is 10.0 Å². The highest BCUT2D eigenvalue weighted by atomic mass is 32.2. The zero-order valence-corrected chi connectivity index (χ0v) is 15.3. The monoisotopic (exact) mass is 363 g/mol. The summed E-state index contributed by atoms with van der Waals surface area (Å²) < 4.78 is 26.9. The van der Waals surface area contributed by atoms with Gasteiger partial charge in [-0.05, 0) is 31.4 Å². The molecule has 0 radical (unpaired) electrons. The van der Waals surface area contributed by atoms with Gasteiger partial charge in [-0.3, -0.25) is 14.5 Å². The number of hydrogen-bond acceptors (Lipinski definition) is 4. The molecule has 7 heteroatoms. The molecule has 1 atom stereocenters. The lowest BCUT2D eigenvalue weighted by atomic mass is 10.1. The molecule has 1 aromatic rings. The highest BCUT2D eigenvalue weighted by Crippen LogP contribution is 2.23. The lowest BCUT2D eigenvalue weighted by Gasteiger charge is -2.17. The summed E-state index contributed by atoms with van der Waals surface area (Å²) in [6, 6.07) is 6.39.